The second-order valence-corrected chi connectivity index (χ2v) is 17.2. The Bertz CT molecular complexity index is 2220. The molecule has 5 amide bonds. The van der Waals surface area contributed by atoms with E-state index in [1.807, 2.05) is 41.3 Å². The van der Waals surface area contributed by atoms with Gasteiger partial charge in [0.1, 0.15) is 6.04 Å². The number of fused-ring (bicyclic) bond motifs is 1. The number of piperidine rings is 2. The third-order valence-corrected chi connectivity index (χ3v) is 13.7. The molecule has 5 fully saturated rings. The predicted molar refractivity (Wildman–Crippen MR) is 221 cm³/mol. The Kier molecular flexibility index (Phi) is 10.1. The van der Waals surface area contributed by atoms with Crippen molar-refractivity contribution in [2.75, 3.05) is 86.7 Å². The molecule has 0 aromatic heterocycles. The number of hydrogen-bond acceptors (Lipinski definition) is 9. The van der Waals surface area contributed by atoms with Gasteiger partial charge < -0.3 is 19.6 Å². The molecule has 1 spiro atoms. The summed E-state index contributed by atoms with van der Waals surface area (Å²) in [5.41, 5.74) is 5.15. The number of nitrogens with one attached hydrogen (secondary N) is 1. The van der Waals surface area contributed by atoms with E-state index in [0.717, 1.165) is 112 Å². The zero-order valence-corrected chi connectivity index (χ0v) is 33.3. The smallest absolute Gasteiger partial charge is 0.262 e. The molecule has 13 nitrogen and oxygen atoms in total. The normalized spacial score (nSPS) is 23.5. The Morgan fingerprint density at radius 3 is 2.22 bits per heavy atom. The number of piperazine rings is 1. The minimum absolute atomic E-state index is 0.0828. The van der Waals surface area contributed by atoms with Gasteiger partial charge in [0.15, 0.2) is 0 Å². The Morgan fingerprint density at radius 2 is 1.48 bits per heavy atom. The summed E-state index contributed by atoms with van der Waals surface area (Å²) in [6.45, 7) is 16.7. The molecule has 0 radical (unpaired) electrons. The molecule has 1 unspecified atom stereocenters. The van der Waals surface area contributed by atoms with E-state index in [-0.39, 0.29) is 24.2 Å². The zero-order chi connectivity index (χ0) is 40.1. The first-order valence-corrected chi connectivity index (χ1v) is 20.8. The number of anilines is 3. The molecule has 2 atom stereocenters. The van der Waals surface area contributed by atoms with Crippen molar-refractivity contribution in [3.63, 3.8) is 0 Å². The van der Waals surface area contributed by atoms with Gasteiger partial charge in [-0.15, -0.1) is 0 Å². The first kappa shape index (κ1) is 38.1. The Balaban J connectivity index is 0.749. The highest BCUT2D eigenvalue weighted by atomic mass is 35.5. The largest absolute Gasteiger partial charge is 0.372 e. The number of amides is 5. The summed E-state index contributed by atoms with van der Waals surface area (Å²) in [5.74, 6) is -1.48. The lowest BCUT2D eigenvalue weighted by Gasteiger charge is -2.40. The summed E-state index contributed by atoms with van der Waals surface area (Å²) in [6.07, 6.45) is 4.55. The fraction of sp³-hybridized carbons (Fsp3) is 0.455. The number of halogens is 1. The summed E-state index contributed by atoms with van der Waals surface area (Å²) >= 11 is 6.34. The van der Waals surface area contributed by atoms with Crippen LogP contribution in [0.1, 0.15) is 69.6 Å². The van der Waals surface area contributed by atoms with Gasteiger partial charge in [0, 0.05) is 106 Å². The summed E-state index contributed by atoms with van der Waals surface area (Å²) in [4.78, 5) is 80.4. The van der Waals surface area contributed by atoms with Crippen LogP contribution in [0, 0.1) is 17.9 Å². The summed E-state index contributed by atoms with van der Waals surface area (Å²) in [6, 6.07) is 18.2. The number of carbonyl (C=O) groups excluding carboxylic acids is 5. The molecule has 300 valence electrons. The van der Waals surface area contributed by atoms with E-state index in [2.05, 4.69) is 41.9 Å². The number of hydrogen-bond donors (Lipinski definition) is 1. The fourth-order valence-corrected chi connectivity index (χ4v) is 10.2. The van der Waals surface area contributed by atoms with Crippen molar-refractivity contribution in [2.45, 2.75) is 44.6 Å². The van der Waals surface area contributed by atoms with Crippen molar-refractivity contribution in [1.29, 1.82) is 0 Å². The standard InChI is InChI=1S/C44H47ClN8O5/c1-46-37-8-6-33(25-36(37)45)49-16-12-44(13-17-49)14-18-52(28-44)31-4-2-3-30(23-31)41(56)50-21-19-48(20-22-50)26-29-11-15-51(27-29)32-5-7-34-35(24-32)43(58)53(42(34)57)38-9-10-39(54)47-40(38)55/h2-8,23-25,29,38H,9-22,26-28H2,(H,47,54,55)/t29-,38?/m1/s1. The van der Waals surface area contributed by atoms with Gasteiger partial charge in [-0.25, -0.2) is 4.85 Å². The average Bonchev–Trinajstić information content (AvgIpc) is 3.95. The first-order valence-electron chi connectivity index (χ1n) is 20.5. The minimum atomic E-state index is -0.978. The van der Waals surface area contributed by atoms with E-state index in [4.69, 9.17) is 18.2 Å². The fourth-order valence-electron chi connectivity index (χ4n) is 9.97. The highest BCUT2D eigenvalue weighted by Crippen LogP contribution is 2.43. The molecule has 1 N–H and O–H groups in total. The summed E-state index contributed by atoms with van der Waals surface area (Å²) in [5, 5.41) is 2.75. The monoisotopic (exact) mass is 802 g/mol. The van der Waals surface area contributed by atoms with Crippen LogP contribution in [0.5, 0.6) is 0 Å². The van der Waals surface area contributed by atoms with E-state index in [1.165, 1.54) is 0 Å². The SMILES string of the molecule is [C-]#[N+]c1ccc(N2CCC3(CC2)CCN(c2cccc(C(=O)N4CCN(C[C@H]5CCN(c6ccc7c(c6)C(=O)N(C6CCC(=O)NC6=O)C7=O)C5)CC4)c2)C3)cc1Cl. The number of benzene rings is 3. The molecule has 0 aliphatic carbocycles. The molecule has 3 aromatic carbocycles. The van der Waals surface area contributed by atoms with Crippen LogP contribution in [0.2, 0.25) is 5.02 Å². The van der Waals surface area contributed by atoms with Crippen molar-refractivity contribution in [2.24, 2.45) is 11.3 Å². The first-order chi connectivity index (χ1) is 28.1. The van der Waals surface area contributed by atoms with Gasteiger partial charge >= 0.3 is 0 Å². The van der Waals surface area contributed by atoms with Gasteiger partial charge in [-0.3, -0.25) is 39.1 Å². The second-order valence-electron chi connectivity index (χ2n) is 16.8. The topological polar surface area (TPSA) is 121 Å². The number of carbonyl (C=O) groups is 5. The molecule has 5 saturated heterocycles. The van der Waals surface area contributed by atoms with Crippen molar-refractivity contribution >= 4 is 63.9 Å². The maximum atomic E-state index is 13.8. The highest BCUT2D eigenvalue weighted by Gasteiger charge is 2.45. The molecule has 3 aromatic rings. The molecular weight excluding hydrogens is 756 g/mol. The molecular formula is C44H47ClN8O5. The summed E-state index contributed by atoms with van der Waals surface area (Å²) in [7, 11) is 0. The van der Waals surface area contributed by atoms with Crippen LogP contribution in [0.15, 0.2) is 60.7 Å². The van der Waals surface area contributed by atoms with Crippen LogP contribution in [0.25, 0.3) is 4.85 Å². The quantitative estimate of drug-likeness (QED) is 0.258. The lowest BCUT2D eigenvalue weighted by Crippen LogP contribution is -2.54. The maximum absolute atomic E-state index is 13.8. The lowest BCUT2D eigenvalue weighted by molar-refractivity contribution is -0.136. The van der Waals surface area contributed by atoms with Gasteiger partial charge in [0.25, 0.3) is 17.7 Å². The van der Waals surface area contributed by atoms with Gasteiger partial charge in [-0.1, -0.05) is 23.7 Å². The zero-order valence-electron chi connectivity index (χ0n) is 32.5. The van der Waals surface area contributed by atoms with E-state index >= 15 is 0 Å². The van der Waals surface area contributed by atoms with E-state index in [9.17, 15) is 24.0 Å². The Morgan fingerprint density at radius 1 is 0.776 bits per heavy atom. The Labute approximate surface area is 343 Å². The number of nitrogens with zero attached hydrogens (tertiary/aromatic N) is 7. The second kappa shape index (κ2) is 15.4. The highest BCUT2D eigenvalue weighted by molar-refractivity contribution is 6.33. The van der Waals surface area contributed by atoms with Crippen LogP contribution in [0.3, 0.4) is 0 Å². The third-order valence-electron chi connectivity index (χ3n) is 13.4. The van der Waals surface area contributed by atoms with Crippen molar-refractivity contribution in [3.8, 4) is 0 Å². The molecule has 6 heterocycles. The predicted octanol–water partition coefficient (Wildman–Crippen LogP) is 5.07. The number of rotatable bonds is 7. The minimum Gasteiger partial charge on any atom is -0.372 e. The van der Waals surface area contributed by atoms with Gasteiger partial charge in [-0.2, -0.15) is 0 Å². The van der Waals surface area contributed by atoms with Crippen LogP contribution in [-0.4, -0.2) is 122 Å². The van der Waals surface area contributed by atoms with E-state index < -0.39 is 29.7 Å². The molecule has 0 saturated carbocycles. The van der Waals surface area contributed by atoms with Crippen LogP contribution < -0.4 is 20.0 Å². The van der Waals surface area contributed by atoms with Crippen LogP contribution in [0.4, 0.5) is 22.7 Å². The summed E-state index contributed by atoms with van der Waals surface area (Å²) < 4.78 is 0. The average molecular weight is 803 g/mol. The lowest BCUT2D eigenvalue weighted by atomic mass is 9.77. The van der Waals surface area contributed by atoms with Crippen molar-refractivity contribution in [1.82, 2.24) is 20.0 Å². The van der Waals surface area contributed by atoms with Gasteiger partial charge in [0.2, 0.25) is 17.5 Å². The molecule has 6 aliphatic rings. The maximum Gasteiger partial charge on any atom is 0.262 e. The van der Waals surface area contributed by atoms with Crippen LogP contribution in [-0.2, 0) is 9.59 Å². The Hall–Kier alpha value is -5.45. The molecule has 6 aliphatic heterocycles. The van der Waals surface area contributed by atoms with E-state index in [1.54, 1.807) is 12.1 Å². The van der Waals surface area contributed by atoms with Crippen molar-refractivity contribution in [3.05, 3.63) is 93.8 Å². The molecule has 14 heteroatoms. The van der Waals surface area contributed by atoms with E-state index in [0.29, 0.717) is 40.8 Å². The molecule has 9 rings (SSSR count). The number of imide groups is 2. The van der Waals surface area contributed by atoms with Crippen LogP contribution >= 0.6 is 11.6 Å². The van der Waals surface area contributed by atoms with Crippen molar-refractivity contribution < 1.29 is 24.0 Å². The van der Waals surface area contributed by atoms with Gasteiger partial charge in [0.05, 0.1) is 17.7 Å². The molecule has 58 heavy (non-hydrogen) atoms. The third kappa shape index (κ3) is 7.17. The molecule has 0 bridgehead atoms. The van der Waals surface area contributed by atoms with Gasteiger partial charge in [-0.05, 0) is 92.0 Å².